The van der Waals surface area contributed by atoms with Crippen LogP contribution in [0.3, 0.4) is 0 Å². The fourth-order valence-corrected chi connectivity index (χ4v) is 0.704. The molecule has 11 heavy (non-hydrogen) atoms. The third-order valence-electron chi connectivity index (χ3n) is 1.29. The second-order valence-electron chi connectivity index (χ2n) is 2.05. The van der Waals surface area contributed by atoms with Crippen molar-refractivity contribution in [2.75, 3.05) is 0 Å². The summed E-state index contributed by atoms with van der Waals surface area (Å²) in [6, 6.07) is 5.73. The number of nitrogens with one attached hydrogen (secondary N) is 1. The van der Waals surface area contributed by atoms with Gasteiger partial charge >= 0.3 is 0 Å². The second kappa shape index (κ2) is 3.25. The molecule has 0 heterocycles. The van der Waals surface area contributed by atoms with E-state index < -0.39 is 5.23 Å². The molecule has 1 aromatic rings. The average Bonchev–Trinajstić information content (AvgIpc) is 2.05. The fourth-order valence-electron chi connectivity index (χ4n) is 0.704. The van der Waals surface area contributed by atoms with Gasteiger partial charge in [0, 0.05) is 17.7 Å². The molecule has 0 saturated carbocycles. The van der Waals surface area contributed by atoms with E-state index in [1.54, 1.807) is 0 Å². The molecule has 4 heteroatoms. The molecule has 1 rings (SSSR count). The predicted octanol–water partition coefficient (Wildman–Crippen LogP) is -0.0975. The van der Waals surface area contributed by atoms with Gasteiger partial charge in [-0.15, -0.1) is 0 Å². The molecule has 0 aliphatic carbocycles. The Balaban J connectivity index is 2.91. The zero-order chi connectivity index (χ0) is 8.27. The van der Waals surface area contributed by atoms with E-state index in [9.17, 15) is 10.0 Å². The summed E-state index contributed by atoms with van der Waals surface area (Å²) in [4.78, 5) is 10.1. The summed E-state index contributed by atoms with van der Waals surface area (Å²) >= 11 is 0. The van der Waals surface area contributed by atoms with Crippen molar-refractivity contribution in [3.63, 3.8) is 0 Å². The second-order valence-corrected chi connectivity index (χ2v) is 2.05. The van der Waals surface area contributed by atoms with E-state index in [0.29, 0.717) is 11.8 Å². The molecule has 1 unspecified atom stereocenters. The summed E-state index contributed by atoms with van der Waals surface area (Å²) in [6.45, 7) is 0. The van der Waals surface area contributed by atoms with Crippen molar-refractivity contribution in [3.8, 4) is 0 Å². The topological polar surface area (TPSA) is 64.8 Å². The molecule has 58 valence electrons. The maximum atomic E-state index is 10.3. The van der Waals surface area contributed by atoms with Gasteiger partial charge in [0.1, 0.15) is 6.29 Å². The number of aldehydes is 1. The molecule has 0 bridgehead atoms. The SMILES string of the molecule is O=Cc1ccc([NH+]([O-])O)cc1. The van der Waals surface area contributed by atoms with Gasteiger partial charge in [-0.25, -0.2) is 5.21 Å². The maximum absolute atomic E-state index is 10.3. The van der Waals surface area contributed by atoms with Crippen LogP contribution in [0.5, 0.6) is 0 Å². The molecular formula is C7H7NO3. The smallest absolute Gasteiger partial charge is 0.163 e. The molecular weight excluding hydrogens is 146 g/mol. The highest BCUT2D eigenvalue weighted by Crippen LogP contribution is 2.01. The number of benzene rings is 1. The van der Waals surface area contributed by atoms with Gasteiger partial charge in [-0.3, -0.25) is 4.79 Å². The lowest BCUT2D eigenvalue weighted by atomic mass is 10.2. The molecule has 0 aliphatic rings. The van der Waals surface area contributed by atoms with Crippen LogP contribution in [0.15, 0.2) is 24.3 Å². The first-order chi connectivity index (χ1) is 5.24. The largest absolute Gasteiger partial charge is 0.595 e. The van der Waals surface area contributed by atoms with Crippen LogP contribution in [0.2, 0.25) is 0 Å². The van der Waals surface area contributed by atoms with Crippen molar-refractivity contribution in [3.05, 3.63) is 35.0 Å². The van der Waals surface area contributed by atoms with Crippen LogP contribution in [0, 0.1) is 5.21 Å². The quantitative estimate of drug-likeness (QED) is 0.460. The minimum absolute atomic E-state index is 0.190. The summed E-state index contributed by atoms with van der Waals surface area (Å²) < 4.78 is 0. The summed E-state index contributed by atoms with van der Waals surface area (Å²) in [6.07, 6.45) is 0.672. The number of quaternary nitrogens is 1. The molecule has 0 radical (unpaired) electrons. The van der Waals surface area contributed by atoms with Crippen molar-refractivity contribution < 1.29 is 15.2 Å². The zero-order valence-corrected chi connectivity index (χ0v) is 5.65. The van der Waals surface area contributed by atoms with Gasteiger partial charge in [-0.2, -0.15) is 5.23 Å². The molecule has 0 spiro atoms. The van der Waals surface area contributed by atoms with Gasteiger partial charge in [0.25, 0.3) is 0 Å². The lowest BCUT2D eigenvalue weighted by Gasteiger charge is -2.10. The lowest BCUT2D eigenvalue weighted by Crippen LogP contribution is -2.99. The molecule has 1 aromatic carbocycles. The molecule has 0 aliphatic heterocycles. The molecule has 4 nitrogen and oxygen atoms in total. The van der Waals surface area contributed by atoms with Crippen LogP contribution in [0.25, 0.3) is 0 Å². The Hall–Kier alpha value is -1.23. The number of carbonyl (C=O) groups is 1. The van der Waals surface area contributed by atoms with Crippen LogP contribution in [-0.4, -0.2) is 11.5 Å². The Morgan fingerprint density at radius 1 is 1.36 bits per heavy atom. The van der Waals surface area contributed by atoms with E-state index in [1.165, 1.54) is 24.3 Å². The highest BCUT2D eigenvalue weighted by Gasteiger charge is 1.97. The van der Waals surface area contributed by atoms with E-state index in [-0.39, 0.29) is 5.69 Å². The van der Waals surface area contributed by atoms with Crippen molar-refractivity contribution in [1.82, 2.24) is 0 Å². The highest BCUT2D eigenvalue weighted by molar-refractivity contribution is 5.75. The minimum Gasteiger partial charge on any atom is -0.595 e. The molecule has 0 fully saturated rings. The zero-order valence-electron chi connectivity index (χ0n) is 5.65. The van der Waals surface area contributed by atoms with Crippen molar-refractivity contribution in [1.29, 1.82) is 0 Å². The molecule has 1 atom stereocenters. The third-order valence-corrected chi connectivity index (χ3v) is 1.29. The van der Waals surface area contributed by atoms with E-state index >= 15 is 0 Å². The lowest BCUT2D eigenvalue weighted by molar-refractivity contribution is -0.991. The van der Waals surface area contributed by atoms with E-state index in [1.807, 2.05) is 0 Å². The first kappa shape index (κ1) is 7.87. The monoisotopic (exact) mass is 153 g/mol. The van der Waals surface area contributed by atoms with Crippen molar-refractivity contribution in [2.45, 2.75) is 0 Å². The molecule has 0 aromatic heterocycles. The van der Waals surface area contributed by atoms with E-state index in [0.717, 1.165) is 0 Å². The summed E-state index contributed by atoms with van der Waals surface area (Å²) in [7, 11) is 0. The number of carbonyl (C=O) groups excluding carboxylic acids is 1. The van der Waals surface area contributed by atoms with Gasteiger partial charge in [0.2, 0.25) is 0 Å². The van der Waals surface area contributed by atoms with E-state index in [4.69, 9.17) is 5.21 Å². The Labute approximate surface area is 63.2 Å². The van der Waals surface area contributed by atoms with Crippen LogP contribution >= 0.6 is 0 Å². The number of hydrogen-bond acceptors (Lipinski definition) is 3. The molecule has 0 amide bonds. The summed E-state index contributed by atoms with van der Waals surface area (Å²) in [5.41, 5.74) is 0.672. The van der Waals surface area contributed by atoms with Crippen LogP contribution in [0.1, 0.15) is 10.4 Å². The Bertz CT molecular complexity index is 242. The van der Waals surface area contributed by atoms with Crippen LogP contribution < -0.4 is 5.23 Å². The van der Waals surface area contributed by atoms with Crippen molar-refractivity contribution >= 4 is 12.0 Å². The Morgan fingerprint density at radius 3 is 2.27 bits per heavy atom. The maximum Gasteiger partial charge on any atom is 0.163 e. The van der Waals surface area contributed by atoms with Crippen molar-refractivity contribution in [2.24, 2.45) is 0 Å². The van der Waals surface area contributed by atoms with Gasteiger partial charge < -0.3 is 5.21 Å². The number of hydrogen-bond donors (Lipinski definition) is 2. The number of rotatable bonds is 2. The van der Waals surface area contributed by atoms with E-state index in [2.05, 4.69) is 0 Å². The summed E-state index contributed by atoms with van der Waals surface area (Å²) in [5, 5.41) is 17.8. The molecule has 0 saturated heterocycles. The summed E-state index contributed by atoms with van der Waals surface area (Å²) in [5.74, 6) is 0. The van der Waals surface area contributed by atoms with Crippen LogP contribution in [0.4, 0.5) is 5.69 Å². The Morgan fingerprint density at radius 2 is 1.91 bits per heavy atom. The Kier molecular flexibility index (Phi) is 2.32. The molecule has 2 N–H and O–H groups in total. The standard InChI is InChI=1S/C7H7NO3/c9-5-6-1-3-7(4-2-6)8(10)11/h1-5,8,10H. The first-order valence-electron chi connectivity index (χ1n) is 3.02. The first-order valence-corrected chi connectivity index (χ1v) is 3.02. The fraction of sp³-hybridized carbons (Fsp3) is 0. The van der Waals surface area contributed by atoms with Gasteiger partial charge in [-0.05, 0) is 12.1 Å². The highest BCUT2D eigenvalue weighted by atomic mass is 16.8. The van der Waals surface area contributed by atoms with Gasteiger partial charge in [0.05, 0.1) is 0 Å². The minimum atomic E-state index is -0.984. The average molecular weight is 153 g/mol. The third kappa shape index (κ3) is 1.84. The van der Waals surface area contributed by atoms with Gasteiger partial charge in [0.15, 0.2) is 5.69 Å². The van der Waals surface area contributed by atoms with Crippen LogP contribution in [-0.2, 0) is 0 Å². The normalized spacial score (nSPS) is 12.5. The predicted molar refractivity (Wildman–Crippen MR) is 37.6 cm³/mol. The van der Waals surface area contributed by atoms with Gasteiger partial charge in [-0.1, -0.05) is 0 Å².